The van der Waals surface area contributed by atoms with Crippen LogP contribution >= 0.6 is 0 Å². The van der Waals surface area contributed by atoms with E-state index >= 15 is 0 Å². The van der Waals surface area contributed by atoms with Crippen molar-refractivity contribution in [3.05, 3.63) is 83.3 Å². The molecule has 1 amide bonds. The second kappa shape index (κ2) is 8.46. The third-order valence-electron chi connectivity index (χ3n) is 5.89. The first-order valence-electron chi connectivity index (χ1n) is 11.1. The molecule has 1 fully saturated rings. The Balaban J connectivity index is 1.28. The largest absolute Gasteiger partial charge is 0.454 e. The first-order chi connectivity index (χ1) is 17.0. The van der Waals surface area contributed by atoms with Gasteiger partial charge < -0.3 is 14.8 Å². The van der Waals surface area contributed by atoms with E-state index in [2.05, 4.69) is 20.4 Å². The summed E-state index contributed by atoms with van der Waals surface area (Å²) in [6, 6.07) is 10.5. The summed E-state index contributed by atoms with van der Waals surface area (Å²) in [4.78, 5) is 22.0. The Kier molecular flexibility index (Phi) is 5.13. The maximum Gasteiger partial charge on any atom is 0.255 e. The monoisotopic (exact) mass is 475 g/mol. The Morgan fingerprint density at radius 2 is 1.86 bits per heavy atom. The van der Waals surface area contributed by atoms with Crippen LogP contribution in [0.15, 0.2) is 54.9 Å². The fourth-order valence-electron chi connectivity index (χ4n) is 4.10. The number of benzene rings is 2. The number of nitrogens with zero attached hydrogens (tertiary/aromatic N) is 4. The molecular weight excluding hydrogens is 456 g/mol. The van der Waals surface area contributed by atoms with Crippen LogP contribution in [0.25, 0.3) is 17.2 Å². The molecule has 0 spiro atoms. The number of amides is 1. The summed E-state index contributed by atoms with van der Waals surface area (Å²) < 4.78 is 39.4. The van der Waals surface area contributed by atoms with Crippen molar-refractivity contribution in [2.24, 2.45) is 0 Å². The molecule has 0 radical (unpaired) electrons. The average molecular weight is 475 g/mol. The van der Waals surface area contributed by atoms with Gasteiger partial charge in [0.25, 0.3) is 11.9 Å². The third-order valence-corrected chi connectivity index (χ3v) is 5.89. The fourth-order valence-corrected chi connectivity index (χ4v) is 4.10. The van der Waals surface area contributed by atoms with Crippen LogP contribution in [-0.2, 0) is 6.54 Å². The van der Waals surface area contributed by atoms with Gasteiger partial charge in [-0.15, -0.1) is 0 Å². The lowest BCUT2D eigenvalue weighted by molar-refractivity contribution is 0.0949. The first-order valence-corrected chi connectivity index (χ1v) is 11.1. The Bertz CT molecular complexity index is 1430. The third kappa shape index (κ3) is 4.18. The van der Waals surface area contributed by atoms with E-state index in [4.69, 9.17) is 9.47 Å². The summed E-state index contributed by atoms with van der Waals surface area (Å²) in [6.45, 7) is 0.170. The van der Waals surface area contributed by atoms with Gasteiger partial charge in [0.1, 0.15) is 11.6 Å². The molecule has 1 aliphatic heterocycles. The van der Waals surface area contributed by atoms with E-state index < -0.39 is 11.6 Å². The number of nitrogens with one attached hydrogen (secondary N) is 1. The number of aromatic nitrogens is 4. The topological polar surface area (TPSA) is 91.2 Å². The molecular formula is C25H19F2N5O3. The van der Waals surface area contributed by atoms with Gasteiger partial charge in [0, 0.05) is 30.3 Å². The molecule has 0 bridgehead atoms. The van der Waals surface area contributed by atoms with Crippen molar-refractivity contribution in [3.63, 3.8) is 0 Å². The SMILES string of the molecule is O=C(NCc1cc(F)cc(F)c1)c1cnn(-c2nccc(-c3ccc4c(c3)OCO4)n2)c1C1CC1. The minimum absolute atomic E-state index is 0.0150. The Hall–Kier alpha value is -4.34. The molecule has 2 aromatic carbocycles. The lowest BCUT2D eigenvalue weighted by atomic mass is 10.1. The van der Waals surface area contributed by atoms with Gasteiger partial charge in [-0.25, -0.2) is 23.4 Å². The highest BCUT2D eigenvalue weighted by Crippen LogP contribution is 2.42. The fraction of sp³-hybridized carbons (Fsp3) is 0.200. The molecule has 3 heterocycles. The number of carbonyl (C=O) groups excluding carboxylic acids is 1. The molecule has 10 heteroatoms. The average Bonchev–Trinajstić information content (AvgIpc) is 3.41. The molecule has 0 unspecified atom stereocenters. The van der Waals surface area contributed by atoms with Gasteiger partial charge in [-0.3, -0.25) is 4.79 Å². The van der Waals surface area contributed by atoms with Crippen LogP contribution in [0, 0.1) is 11.6 Å². The van der Waals surface area contributed by atoms with E-state index in [1.165, 1.54) is 18.3 Å². The van der Waals surface area contributed by atoms with Gasteiger partial charge >= 0.3 is 0 Å². The standard InChI is InChI=1S/C25H19F2N5O3/c26-17-7-14(8-18(27)10-17)11-29-24(33)19-12-30-32(23(19)15-1-2-15)25-28-6-5-20(31-25)16-3-4-21-22(9-16)35-13-34-21/h3-10,12,15H,1-2,11,13H2,(H,29,33). The summed E-state index contributed by atoms with van der Waals surface area (Å²) in [5, 5.41) is 7.14. The van der Waals surface area contributed by atoms with Gasteiger partial charge in [0.2, 0.25) is 6.79 Å². The van der Waals surface area contributed by atoms with Crippen molar-refractivity contribution in [1.29, 1.82) is 0 Å². The van der Waals surface area contributed by atoms with Crippen LogP contribution in [0.1, 0.15) is 40.4 Å². The molecule has 2 aliphatic rings. The molecule has 176 valence electrons. The van der Waals surface area contributed by atoms with Crippen molar-refractivity contribution in [2.45, 2.75) is 25.3 Å². The van der Waals surface area contributed by atoms with E-state index in [-0.39, 0.29) is 25.2 Å². The second-order valence-electron chi connectivity index (χ2n) is 8.40. The van der Waals surface area contributed by atoms with Gasteiger partial charge in [-0.1, -0.05) is 0 Å². The Morgan fingerprint density at radius 1 is 1.06 bits per heavy atom. The zero-order valence-electron chi connectivity index (χ0n) is 18.4. The number of halogens is 2. The van der Waals surface area contributed by atoms with E-state index in [0.29, 0.717) is 34.3 Å². The predicted molar refractivity (Wildman–Crippen MR) is 120 cm³/mol. The summed E-state index contributed by atoms with van der Waals surface area (Å²) in [7, 11) is 0. The van der Waals surface area contributed by atoms with Crippen LogP contribution in [0.5, 0.6) is 11.5 Å². The molecule has 0 saturated heterocycles. The van der Waals surface area contributed by atoms with Gasteiger partial charge in [-0.05, 0) is 54.8 Å². The highest BCUT2D eigenvalue weighted by molar-refractivity contribution is 5.95. The van der Waals surface area contributed by atoms with Crippen molar-refractivity contribution >= 4 is 5.91 Å². The van der Waals surface area contributed by atoms with Crippen LogP contribution < -0.4 is 14.8 Å². The zero-order chi connectivity index (χ0) is 23.9. The number of hydrogen-bond donors (Lipinski definition) is 1. The van der Waals surface area contributed by atoms with Crippen LogP contribution in [-0.4, -0.2) is 32.4 Å². The number of carbonyl (C=O) groups is 1. The highest BCUT2D eigenvalue weighted by Gasteiger charge is 2.33. The highest BCUT2D eigenvalue weighted by atomic mass is 19.1. The smallest absolute Gasteiger partial charge is 0.255 e. The van der Waals surface area contributed by atoms with Crippen molar-refractivity contribution in [2.75, 3.05) is 6.79 Å². The van der Waals surface area contributed by atoms with Gasteiger partial charge in [-0.2, -0.15) is 5.10 Å². The molecule has 1 saturated carbocycles. The lowest BCUT2D eigenvalue weighted by Crippen LogP contribution is -2.24. The van der Waals surface area contributed by atoms with E-state index in [1.807, 2.05) is 18.2 Å². The maximum absolute atomic E-state index is 13.5. The second-order valence-corrected chi connectivity index (χ2v) is 8.40. The van der Waals surface area contributed by atoms with E-state index in [1.54, 1.807) is 16.9 Å². The van der Waals surface area contributed by atoms with Crippen LogP contribution in [0.3, 0.4) is 0 Å². The number of fused-ring (bicyclic) bond motifs is 1. The van der Waals surface area contributed by atoms with Gasteiger partial charge in [0.15, 0.2) is 11.5 Å². The predicted octanol–water partition coefficient (Wildman–Crippen LogP) is 4.14. The molecule has 2 aromatic heterocycles. The Morgan fingerprint density at radius 3 is 2.66 bits per heavy atom. The molecule has 6 rings (SSSR count). The number of ether oxygens (including phenoxy) is 2. The number of hydrogen-bond acceptors (Lipinski definition) is 6. The normalized spacial score (nSPS) is 14.2. The van der Waals surface area contributed by atoms with E-state index in [9.17, 15) is 13.6 Å². The first kappa shape index (κ1) is 21.2. The van der Waals surface area contributed by atoms with Crippen LogP contribution in [0.4, 0.5) is 8.78 Å². The molecule has 0 atom stereocenters. The van der Waals surface area contributed by atoms with Crippen molar-refractivity contribution in [3.8, 4) is 28.7 Å². The lowest BCUT2D eigenvalue weighted by Gasteiger charge is -2.10. The minimum Gasteiger partial charge on any atom is -0.454 e. The summed E-state index contributed by atoms with van der Waals surface area (Å²) in [6.07, 6.45) is 4.95. The van der Waals surface area contributed by atoms with Crippen molar-refractivity contribution in [1.82, 2.24) is 25.1 Å². The van der Waals surface area contributed by atoms with Crippen LogP contribution in [0.2, 0.25) is 0 Å². The molecule has 35 heavy (non-hydrogen) atoms. The Labute approximate surface area is 198 Å². The quantitative estimate of drug-likeness (QED) is 0.451. The molecule has 1 N–H and O–H groups in total. The van der Waals surface area contributed by atoms with Crippen molar-refractivity contribution < 1.29 is 23.0 Å². The summed E-state index contributed by atoms with van der Waals surface area (Å²) >= 11 is 0. The van der Waals surface area contributed by atoms with Gasteiger partial charge in [0.05, 0.1) is 23.1 Å². The molecule has 8 nitrogen and oxygen atoms in total. The maximum atomic E-state index is 13.5. The van der Waals surface area contributed by atoms with E-state index in [0.717, 1.165) is 30.2 Å². The molecule has 4 aromatic rings. The zero-order valence-corrected chi connectivity index (χ0v) is 18.4. The number of rotatable bonds is 6. The summed E-state index contributed by atoms with van der Waals surface area (Å²) in [5.74, 6) is 0.0616. The minimum atomic E-state index is -0.694. The molecule has 1 aliphatic carbocycles. The summed E-state index contributed by atoms with van der Waals surface area (Å²) in [5.41, 5.74) is 2.94.